The predicted molar refractivity (Wildman–Crippen MR) is 52.5 cm³/mol. The highest BCUT2D eigenvalue weighted by atomic mass is 16.6. The molecule has 1 radical (unpaired) electrons. The van der Waals surface area contributed by atoms with Crippen LogP contribution in [-0.4, -0.2) is 12.8 Å². The number of aryl methyl sites for hydroxylation is 1. The molecule has 13 heavy (non-hydrogen) atoms. The van der Waals surface area contributed by atoms with Gasteiger partial charge in [0.2, 0.25) is 0 Å². The highest BCUT2D eigenvalue weighted by molar-refractivity contribution is 5.79. The van der Waals surface area contributed by atoms with Crippen LogP contribution in [0.5, 0.6) is 0 Å². The lowest BCUT2D eigenvalue weighted by molar-refractivity contribution is 0.181. The van der Waals surface area contributed by atoms with Crippen LogP contribution in [-0.2, 0) is 4.84 Å². The van der Waals surface area contributed by atoms with Gasteiger partial charge in [-0.15, -0.1) is 6.42 Å². The van der Waals surface area contributed by atoms with E-state index in [2.05, 4.69) is 17.3 Å². The van der Waals surface area contributed by atoms with E-state index in [9.17, 15) is 0 Å². The molecule has 0 unspecified atom stereocenters. The molecule has 0 atom stereocenters. The van der Waals surface area contributed by atoms with E-state index in [-0.39, 0.29) is 6.61 Å². The van der Waals surface area contributed by atoms with Crippen LogP contribution in [0.25, 0.3) is 0 Å². The van der Waals surface area contributed by atoms with E-state index < -0.39 is 0 Å². The summed E-state index contributed by atoms with van der Waals surface area (Å²) >= 11 is 0. The van der Waals surface area contributed by atoms with E-state index >= 15 is 0 Å². The van der Waals surface area contributed by atoms with Gasteiger partial charge in [-0.2, -0.15) is 0 Å². The van der Waals surface area contributed by atoms with Crippen molar-refractivity contribution in [1.29, 1.82) is 0 Å². The van der Waals surface area contributed by atoms with E-state index in [1.54, 1.807) is 0 Å². The summed E-state index contributed by atoms with van der Waals surface area (Å²) in [6, 6.07) is 7.80. The van der Waals surface area contributed by atoms with E-state index in [1.807, 2.05) is 31.2 Å². The molecule has 1 rings (SSSR count). The molecule has 65 valence electrons. The van der Waals surface area contributed by atoms with Gasteiger partial charge in [-0.1, -0.05) is 40.9 Å². The Balaban J connectivity index is 2.50. The van der Waals surface area contributed by atoms with Crippen molar-refractivity contribution in [2.45, 2.75) is 6.92 Å². The number of terminal acetylenes is 1. The zero-order valence-electron chi connectivity index (χ0n) is 7.45. The molecule has 0 fully saturated rings. The van der Waals surface area contributed by atoms with Crippen molar-refractivity contribution in [3.63, 3.8) is 0 Å². The summed E-state index contributed by atoms with van der Waals surface area (Å²) < 4.78 is 0. The smallest absolute Gasteiger partial charge is 0.177 e. The van der Waals surface area contributed by atoms with Crippen LogP contribution < -0.4 is 0 Å². The van der Waals surface area contributed by atoms with Crippen LogP contribution >= 0.6 is 0 Å². The number of rotatable bonds is 3. The molecular weight excluding hydrogens is 162 g/mol. The maximum Gasteiger partial charge on any atom is 0.177 e. The molecular formula is C11H10NO. The summed E-state index contributed by atoms with van der Waals surface area (Å²) in [6.45, 7) is 2.20. The highest BCUT2D eigenvalue weighted by Crippen LogP contribution is 1.99. The van der Waals surface area contributed by atoms with Crippen LogP contribution in [0.15, 0.2) is 29.4 Å². The fraction of sp³-hybridized carbons (Fsp3) is 0.182. The summed E-state index contributed by atoms with van der Waals surface area (Å²) in [5, 5.41) is 3.57. The van der Waals surface area contributed by atoms with Gasteiger partial charge in [0.1, 0.15) is 6.21 Å². The molecule has 1 aromatic rings. The van der Waals surface area contributed by atoms with Gasteiger partial charge in [-0.3, -0.25) is 0 Å². The van der Waals surface area contributed by atoms with Gasteiger partial charge >= 0.3 is 0 Å². The average molecular weight is 172 g/mol. The lowest BCUT2D eigenvalue weighted by atomic mass is 10.2. The summed E-state index contributed by atoms with van der Waals surface area (Å²) in [5.74, 6) is 2.31. The number of hydrogen-bond donors (Lipinski definition) is 0. The maximum absolute atomic E-state index is 4.97. The molecule has 2 nitrogen and oxygen atoms in total. The second kappa shape index (κ2) is 5.00. The Bertz CT molecular complexity index is 319. The van der Waals surface area contributed by atoms with Gasteiger partial charge in [0.15, 0.2) is 6.61 Å². The molecule has 0 aliphatic rings. The number of benzene rings is 1. The third-order valence-electron chi connectivity index (χ3n) is 1.44. The van der Waals surface area contributed by atoms with E-state index in [0.29, 0.717) is 0 Å². The molecule has 0 saturated heterocycles. The fourth-order valence-corrected chi connectivity index (χ4v) is 0.783. The highest BCUT2D eigenvalue weighted by Gasteiger charge is 1.87. The molecule has 0 heterocycles. The standard InChI is InChI=1S/C11H10NO/c1-3-8-13-12-9-11-6-4-10(2)5-7-11/h1,4-7H,8H2,2H3. The second-order valence-electron chi connectivity index (χ2n) is 2.55. The maximum atomic E-state index is 4.97. The Morgan fingerprint density at radius 2 is 2.08 bits per heavy atom. The van der Waals surface area contributed by atoms with Crippen LogP contribution in [0.1, 0.15) is 11.1 Å². The van der Waals surface area contributed by atoms with Gasteiger partial charge in [-0.05, 0) is 6.92 Å². The molecule has 0 aromatic heterocycles. The minimum atomic E-state index is 0.179. The fourth-order valence-electron chi connectivity index (χ4n) is 0.783. The van der Waals surface area contributed by atoms with Crippen molar-refractivity contribution in [3.8, 4) is 12.3 Å². The van der Waals surface area contributed by atoms with Gasteiger partial charge in [0.25, 0.3) is 0 Å². The van der Waals surface area contributed by atoms with Gasteiger partial charge in [0, 0.05) is 5.56 Å². The molecule has 0 N–H and O–H groups in total. The zero-order chi connectivity index (χ0) is 9.52. The SMILES string of the molecule is C#CCON=[C]c1ccc(C)cc1. The average Bonchev–Trinajstić information content (AvgIpc) is 2.15. The van der Waals surface area contributed by atoms with Crippen molar-refractivity contribution in [1.82, 2.24) is 0 Å². The van der Waals surface area contributed by atoms with Gasteiger partial charge in [0.05, 0.1) is 0 Å². The van der Waals surface area contributed by atoms with Crippen LogP contribution in [0.2, 0.25) is 0 Å². The Hall–Kier alpha value is -1.75. The van der Waals surface area contributed by atoms with E-state index in [1.165, 1.54) is 5.56 Å². The van der Waals surface area contributed by atoms with Crippen molar-refractivity contribution in [2.24, 2.45) is 5.16 Å². The van der Waals surface area contributed by atoms with E-state index in [0.717, 1.165) is 5.56 Å². The summed E-state index contributed by atoms with van der Waals surface area (Å²) in [6.07, 6.45) is 7.68. The van der Waals surface area contributed by atoms with Crippen LogP contribution in [0, 0.1) is 19.3 Å². The second-order valence-corrected chi connectivity index (χ2v) is 2.55. The number of nitrogens with zero attached hydrogens (tertiary/aromatic N) is 1. The molecule has 0 bridgehead atoms. The van der Waals surface area contributed by atoms with Crippen molar-refractivity contribution in [3.05, 3.63) is 35.4 Å². The first-order chi connectivity index (χ1) is 6.33. The molecule has 0 amide bonds. The Labute approximate surface area is 78.2 Å². The lowest BCUT2D eigenvalue weighted by Gasteiger charge is -1.93. The third-order valence-corrected chi connectivity index (χ3v) is 1.44. The topological polar surface area (TPSA) is 21.6 Å². The van der Waals surface area contributed by atoms with Crippen molar-refractivity contribution >= 4 is 6.21 Å². The molecule has 0 aliphatic carbocycles. The predicted octanol–water partition coefficient (Wildman–Crippen LogP) is 1.86. The normalized spacial score (nSPS) is 9.85. The van der Waals surface area contributed by atoms with E-state index in [4.69, 9.17) is 11.3 Å². The first-order valence-electron chi connectivity index (χ1n) is 3.91. The molecule has 0 saturated carbocycles. The van der Waals surface area contributed by atoms with Crippen molar-refractivity contribution in [2.75, 3.05) is 6.61 Å². The Morgan fingerprint density at radius 3 is 2.69 bits per heavy atom. The first-order valence-corrected chi connectivity index (χ1v) is 3.91. The van der Waals surface area contributed by atoms with Crippen LogP contribution in [0.3, 0.4) is 0 Å². The largest absolute Gasteiger partial charge is 0.382 e. The van der Waals surface area contributed by atoms with Crippen LogP contribution in [0.4, 0.5) is 0 Å². The molecule has 0 aliphatic heterocycles. The summed E-state index contributed by atoms with van der Waals surface area (Å²) in [5.41, 5.74) is 2.08. The molecule has 2 heteroatoms. The minimum Gasteiger partial charge on any atom is -0.382 e. The summed E-state index contributed by atoms with van der Waals surface area (Å²) in [7, 11) is 0. The molecule has 1 aromatic carbocycles. The van der Waals surface area contributed by atoms with Crippen molar-refractivity contribution < 1.29 is 4.84 Å². The third kappa shape index (κ3) is 3.44. The number of hydrogen-bond acceptors (Lipinski definition) is 2. The quantitative estimate of drug-likeness (QED) is 0.295. The zero-order valence-corrected chi connectivity index (χ0v) is 7.45. The first kappa shape index (κ1) is 9.34. The summed E-state index contributed by atoms with van der Waals surface area (Å²) in [4.78, 5) is 4.69. The Kier molecular flexibility index (Phi) is 3.59. The Morgan fingerprint density at radius 1 is 1.38 bits per heavy atom. The molecule has 0 spiro atoms. The van der Waals surface area contributed by atoms with Gasteiger partial charge < -0.3 is 4.84 Å². The van der Waals surface area contributed by atoms with Gasteiger partial charge in [-0.25, -0.2) is 0 Å². The minimum absolute atomic E-state index is 0.179. The monoisotopic (exact) mass is 172 g/mol. The lowest BCUT2D eigenvalue weighted by Crippen LogP contribution is -1.85.